The number of aryl methyl sites for hydroxylation is 1. The molecule has 0 saturated carbocycles. The molecule has 8 nitrogen and oxygen atoms in total. The van der Waals surface area contributed by atoms with Gasteiger partial charge in [-0.25, -0.2) is 9.97 Å². The molecule has 1 aromatic carbocycles. The van der Waals surface area contributed by atoms with Crippen molar-refractivity contribution in [3.8, 4) is 10.6 Å². The Morgan fingerprint density at radius 1 is 1.16 bits per heavy atom. The lowest BCUT2D eigenvalue weighted by Crippen LogP contribution is -2.52. The van der Waals surface area contributed by atoms with E-state index in [0.29, 0.717) is 28.9 Å². The number of ether oxygens (including phenoxy) is 1. The van der Waals surface area contributed by atoms with Crippen molar-refractivity contribution in [2.45, 2.75) is 25.6 Å². The van der Waals surface area contributed by atoms with Gasteiger partial charge in [-0.05, 0) is 43.7 Å². The Morgan fingerprint density at radius 2 is 1.89 bits per heavy atom. The number of hydrogen-bond donors (Lipinski definition) is 2. The van der Waals surface area contributed by atoms with Crippen molar-refractivity contribution in [3.63, 3.8) is 0 Å². The summed E-state index contributed by atoms with van der Waals surface area (Å²) in [7, 11) is 0. The molecule has 2 N–H and O–H groups in total. The SMILES string of the molecule is O=C(Nc1nc(-c2sc(CO)nc2CCCN2CCOCC2)cs1)C1CN(c2ccc(C(F)(F)F)cc2)C1. The Balaban J connectivity index is 1.15. The number of aliphatic hydroxyl groups is 1. The van der Waals surface area contributed by atoms with Crippen LogP contribution in [0.4, 0.5) is 24.0 Å². The zero-order valence-electron chi connectivity index (χ0n) is 20.5. The molecule has 3 aromatic rings. The number of nitrogens with one attached hydrogen (secondary N) is 1. The molecule has 0 atom stereocenters. The highest BCUT2D eigenvalue weighted by atomic mass is 32.1. The molecule has 2 aromatic heterocycles. The summed E-state index contributed by atoms with van der Waals surface area (Å²) in [4.78, 5) is 27.1. The molecule has 2 aliphatic heterocycles. The van der Waals surface area contributed by atoms with Gasteiger partial charge in [-0.3, -0.25) is 9.69 Å². The number of alkyl halides is 3. The van der Waals surface area contributed by atoms with Gasteiger partial charge in [0.15, 0.2) is 5.13 Å². The van der Waals surface area contributed by atoms with E-state index < -0.39 is 11.7 Å². The Morgan fingerprint density at radius 3 is 2.58 bits per heavy atom. The van der Waals surface area contributed by atoms with Crippen LogP contribution in [-0.2, 0) is 28.7 Å². The third kappa shape index (κ3) is 6.34. The van der Waals surface area contributed by atoms with Crippen LogP contribution in [-0.4, -0.2) is 71.8 Å². The molecule has 0 bridgehead atoms. The van der Waals surface area contributed by atoms with Gasteiger partial charge in [-0.15, -0.1) is 22.7 Å². The first-order valence-corrected chi connectivity index (χ1v) is 14.1. The van der Waals surface area contributed by atoms with Gasteiger partial charge in [0.1, 0.15) is 5.01 Å². The molecule has 4 heterocycles. The molecule has 0 aliphatic carbocycles. The van der Waals surface area contributed by atoms with Gasteiger partial charge in [0.25, 0.3) is 0 Å². The lowest BCUT2D eigenvalue weighted by atomic mass is 9.98. The Kier molecular flexibility index (Phi) is 8.29. The summed E-state index contributed by atoms with van der Waals surface area (Å²) in [6, 6.07) is 4.97. The van der Waals surface area contributed by atoms with E-state index in [-0.39, 0.29) is 18.4 Å². The van der Waals surface area contributed by atoms with Gasteiger partial charge in [0, 0.05) is 37.2 Å². The highest BCUT2D eigenvalue weighted by Crippen LogP contribution is 2.35. The van der Waals surface area contributed by atoms with Crippen LogP contribution in [0.15, 0.2) is 29.6 Å². The van der Waals surface area contributed by atoms with Gasteiger partial charge in [-0.2, -0.15) is 13.2 Å². The number of carbonyl (C=O) groups excluding carboxylic acids is 1. The summed E-state index contributed by atoms with van der Waals surface area (Å²) >= 11 is 2.74. The second kappa shape index (κ2) is 11.7. The third-order valence-corrected chi connectivity index (χ3v) is 8.51. The largest absolute Gasteiger partial charge is 0.416 e. The van der Waals surface area contributed by atoms with Crippen molar-refractivity contribution in [2.24, 2.45) is 5.92 Å². The van der Waals surface area contributed by atoms with Crippen molar-refractivity contribution < 1.29 is 27.8 Å². The second-order valence-corrected chi connectivity index (χ2v) is 11.2. The van der Waals surface area contributed by atoms with Gasteiger partial charge in [0.05, 0.1) is 47.6 Å². The minimum atomic E-state index is -4.37. The molecular formula is C25H28F3N5O3S2. The van der Waals surface area contributed by atoms with E-state index in [1.165, 1.54) is 34.8 Å². The summed E-state index contributed by atoms with van der Waals surface area (Å²) in [6.45, 7) is 5.07. The molecule has 204 valence electrons. The molecule has 1 amide bonds. The van der Waals surface area contributed by atoms with E-state index in [1.54, 1.807) is 0 Å². The normalized spacial score (nSPS) is 17.0. The monoisotopic (exact) mass is 567 g/mol. The number of aromatic nitrogens is 2. The summed E-state index contributed by atoms with van der Waals surface area (Å²) in [5, 5.41) is 15.5. The van der Waals surface area contributed by atoms with E-state index >= 15 is 0 Å². The predicted octanol–water partition coefficient (Wildman–Crippen LogP) is 4.12. The number of anilines is 2. The number of aliphatic hydroxyl groups excluding tert-OH is 1. The van der Waals surface area contributed by atoms with E-state index in [1.807, 2.05) is 10.3 Å². The molecule has 2 fully saturated rings. The third-order valence-electron chi connectivity index (χ3n) is 6.65. The number of rotatable bonds is 9. The van der Waals surface area contributed by atoms with Crippen LogP contribution in [0.1, 0.15) is 22.7 Å². The fourth-order valence-electron chi connectivity index (χ4n) is 4.49. The van der Waals surface area contributed by atoms with Crippen molar-refractivity contribution in [3.05, 3.63) is 45.9 Å². The van der Waals surface area contributed by atoms with Crippen LogP contribution in [0.5, 0.6) is 0 Å². The number of amides is 1. The maximum absolute atomic E-state index is 12.8. The van der Waals surface area contributed by atoms with Crippen LogP contribution in [0.25, 0.3) is 10.6 Å². The van der Waals surface area contributed by atoms with Crippen molar-refractivity contribution in [1.82, 2.24) is 14.9 Å². The summed E-state index contributed by atoms with van der Waals surface area (Å²) in [5.74, 6) is -0.440. The Bertz CT molecular complexity index is 1240. The van der Waals surface area contributed by atoms with Crippen LogP contribution >= 0.6 is 22.7 Å². The number of benzene rings is 1. The summed E-state index contributed by atoms with van der Waals surface area (Å²) < 4.78 is 43.7. The molecule has 5 rings (SSSR count). The van der Waals surface area contributed by atoms with E-state index in [2.05, 4.69) is 20.2 Å². The molecule has 0 radical (unpaired) electrons. The van der Waals surface area contributed by atoms with Crippen molar-refractivity contribution >= 4 is 39.4 Å². The first kappa shape index (κ1) is 27.0. The smallest absolute Gasteiger partial charge is 0.389 e. The van der Waals surface area contributed by atoms with Gasteiger partial charge in [0.2, 0.25) is 5.91 Å². The van der Waals surface area contributed by atoms with Gasteiger partial charge < -0.3 is 20.1 Å². The quantitative estimate of drug-likeness (QED) is 0.402. The second-order valence-electron chi connectivity index (χ2n) is 9.27. The first-order valence-electron chi connectivity index (χ1n) is 12.4. The average Bonchev–Trinajstić information content (AvgIpc) is 3.50. The zero-order chi connectivity index (χ0) is 26.7. The number of morpholine rings is 1. The molecule has 13 heteroatoms. The standard InChI is InChI=1S/C25H28F3N5O3S2/c26-25(27,28)17-3-5-18(6-4-17)33-12-16(13-33)23(35)31-24-30-20(15-37-24)22-19(29-21(14-34)38-22)2-1-7-32-8-10-36-11-9-32/h3-6,15-16,34H,1-2,7-14H2,(H,30,31,35). The Labute approximate surface area is 226 Å². The number of carbonyl (C=O) groups is 1. The molecule has 2 saturated heterocycles. The van der Waals surface area contributed by atoms with Crippen LogP contribution in [0, 0.1) is 5.92 Å². The first-order chi connectivity index (χ1) is 18.3. The predicted molar refractivity (Wildman–Crippen MR) is 141 cm³/mol. The minimum Gasteiger partial charge on any atom is -0.389 e. The van der Waals surface area contributed by atoms with Crippen molar-refractivity contribution in [2.75, 3.05) is 56.2 Å². The number of halogens is 3. The minimum absolute atomic E-state index is 0.133. The fraction of sp³-hybridized carbons (Fsp3) is 0.480. The topological polar surface area (TPSA) is 90.8 Å². The molecule has 38 heavy (non-hydrogen) atoms. The number of hydrogen-bond acceptors (Lipinski definition) is 9. The number of nitrogens with zero attached hydrogens (tertiary/aromatic N) is 4. The lowest BCUT2D eigenvalue weighted by molar-refractivity contribution is -0.137. The highest BCUT2D eigenvalue weighted by molar-refractivity contribution is 7.17. The van der Waals surface area contributed by atoms with E-state index in [9.17, 15) is 23.1 Å². The fourth-order valence-corrected chi connectivity index (χ4v) is 6.20. The molecular weight excluding hydrogens is 539 g/mol. The summed E-state index contributed by atoms with van der Waals surface area (Å²) in [6.07, 6.45) is -2.66. The summed E-state index contributed by atoms with van der Waals surface area (Å²) in [5.41, 5.74) is 1.60. The van der Waals surface area contributed by atoms with E-state index in [0.717, 1.165) is 74.1 Å². The van der Waals surface area contributed by atoms with Crippen LogP contribution < -0.4 is 10.2 Å². The Hall–Kier alpha value is -2.58. The van der Waals surface area contributed by atoms with Crippen LogP contribution in [0.3, 0.4) is 0 Å². The highest BCUT2D eigenvalue weighted by Gasteiger charge is 2.34. The number of thiazole rings is 2. The maximum atomic E-state index is 12.8. The average molecular weight is 568 g/mol. The maximum Gasteiger partial charge on any atom is 0.416 e. The lowest BCUT2D eigenvalue weighted by Gasteiger charge is -2.40. The van der Waals surface area contributed by atoms with Gasteiger partial charge >= 0.3 is 6.18 Å². The zero-order valence-corrected chi connectivity index (χ0v) is 22.2. The van der Waals surface area contributed by atoms with Gasteiger partial charge in [-0.1, -0.05) is 0 Å². The van der Waals surface area contributed by atoms with Crippen molar-refractivity contribution in [1.29, 1.82) is 0 Å². The molecule has 0 unspecified atom stereocenters. The van der Waals surface area contributed by atoms with Crippen LogP contribution in [0.2, 0.25) is 0 Å². The van der Waals surface area contributed by atoms with E-state index in [4.69, 9.17) is 4.74 Å². The molecule has 0 spiro atoms. The molecule has 2 aliphatic rings.